The van der Waals surface area contributed by atoms with Crippen LogP contribution in [0.4, 0.5) is 0 Å². The zero-order valence-corrected chi connectivity index (χ0v) is 14.4. The van der Waals surface area contributed by atoms with E-state index in [9.17, 15) is 0 Å². The van der Waals surface area contributed by atoms with Gasteiger partial charge in [-0.05, 0) is 67.1 Å². The number of rotatable bonds is 2. The molecule has 1 aromatic rings. The zero-order chi connectivity index (χ0) is 17.3. The number of fused-ring (bicyclic) bond motifs is 2. The standard InChI is InChI=1S/C26H18/c1-3-9-19-15-17-24(22(19)13-5-1)26(21-11-7-8-12-21)25-18-16-20-10-4-2-6-14-23(20)25/h1-18H/q+1/b26-24-. The molecule has 0 bridgehead atoms. The van der Waals surface area contributed by atoms with Crippen molar-refractivity contribution in [2.75, 3.05) is 0 Å². The van der Waals surface area contributed by atoms with Gasteiger partial charge in [0.05, 0.1) is 16.7 Å². The molecule has 121 valence electrons. The average molecular weight is 330 g/mol. The summed E-state index contributed by atoms with van der Waals surface area (Å²) >= 11 is 0. The average Bonchev–Trinajstić information content (AvgIpc) is 3.32. The summed E-state index contributed by atoms with van der Waals surface area (Å²) in [5, 5.41) is 0. The van der Waals surface area contributed by atoms with E-state index >= 15 is 0 Å². The van der Waals surface area contributed by atoms with E-state index < -0.39 is 0 Å². The fourth-order valence-electron chi connectivity index (χ4n) is 3.86. The minimum Gasteiger partial charge on any atom is -0.0622 e. The van der Waals surface area contributed by atoms with Crippen LogP contribution in [0.5, 0.6) is 0 Å². The van der Waals surface area contributed by atoms with Crippen LogP contribution in [0.2, 0.25) is 0 Å². The highest BCUT2D eigenvalue weighted by molar-refractivity contribution is 6.10. The van der Waals surface area contributed by atoms with Crippen molar-refractivity contribution in [1.29, 1.82) is 0 Å². The summed E-state index contributed by atoms with van der Waals surface area (Å²) in [6, 6.07) is 25.9. The van der Waals surface area contributed by atoms with E-state index in [1.165, 1.54) is 44.9 Å². The van der Waals surface area contributed by atoms with Crippen LogP contribution < -0.4 is 0 Å². The topological polar surface area (TPSA) is 0 Å². The highest BCUT2D eigenvalue weighted by Gasteiger charge is 2.32. The number of hydrogen-bond acceptors (Lipinski definition) is 0. The molecule has 4 aliphatic rings. The Bertz CT molecular complexity index is 990. The summed E-state index contributed by atoms with van der Waals surface area (Å²) in [6.07, 6.45) is 13.1. The van der Waals surface area contributed by atoms with Crippen molar-refractivity contribution in [3.05, 3.63) is 127 Å². The molecule has 0 nitrogen and oxygen atoms in total. The Morgan fingerprint density at radius 2 is 1.50 bits per heavy atom. The van der Waals surface area contributed by atoms with Crippen molar-refractivity contribution in [1.82, 2.24) is 0 Å². The highest BCUT2D eigenvalue weighted by Crippen LogP contribution is 2.47. The maximum Gasteiger partial charge on any atom is 0.0752 e. The number of hydrogen-bond donors (Lipinski definition) is 0. The SMILES string of the molecule is [CH]1[CH][CH][C](/C(=C2\C=Cc3ccccc[c+]32)c2ccc3cccccc2-3)[CH]1. The van der Waals surface area contributed by atoms with E-state index in [0.29, 0.717) is 0 Å². The Hall–Kier alpha value is -2.73. The Kier molecular flexibility index (Phi) is 3.90. The molecule has 1 fully saturated rings. The fraction of sp³-hybridized carbons (Fsp3) is 0. The van der Waals surface area contributed by atoms with Gasteiger partial charge in [-0.1, -0.05) is 36.4 Å². The first kappa shape index (κ1) is 15.5. The predicted molar refractivity (Wildman–Crippen MR) is 110 cm³/mol. The van der Waals surface area contributed by atoms with Gasteiger partial charge in [-0.3, -0.25) is 0 Å². The monoisotopic (exact) mass is 330 g/mol. The van der Waals surface area contributed by atoms with Gasteiger partial charge in [-0.2, -0.15) is 0 Å². The molecular formula is C26H18+. The second-order valence-electron chi connectivity index (χ2n) is 6.60. The van der Waals surface area contributed by atoms with Crippen molar-refractivity contribution in [3.8, 4) is 11.1 Å². The van der Waals surface area contributed by atoms with Crippen LogP contribution >= 0.6 is 0 Å². The summed E-state index contributed by atoms with van der Waals surface area (Å²) in [5.41, 5.74) is 9.02. The van der Waals surface area contributed by atoms with Crippen LogP contribution in [-0.4, -0.2) is 0 Å². The molecule has 0 unspecified atom stereocenters. The van der Waals surface area contributed by atoms with Gasteiger partial charge in [0.15, 0.2) is 0 Å². The van der Waals surface area contributed by atoms with Crippen molar-refractivity contribution >= 4 is 17.2 Å². The smallest absolute Gasteiger partial charge is 0.0622 e. The molecule has 0 saturated heterocycles. The Labute approximate surface area is 155 Å². The van der Waals surface area contributed by atoms with Gasteiger partial charge in [0.1, 0.15) is 0 Å². The lowest BCUT2D eigenvalue weighted by atomic mass is 9.84. The molecule has 1 saturated carbocycles. The molecule has 0 atom stereocenters. The second kappa shape index (κ2) is 6.53. The van der Waals surface area contributed by atoms with Crippen LogP contribution in [0.3, 0.4) is 0 Å². The maximum atomic E-state index is 2.26. The van der Waals surface area contributed by atoms with E-state index in [1.54, 1.807) is 0 Å². The first-order valence-corrected chi connectivity index (χ1v) is 8.97. The zero-order valence-electron chi connectivity index (χ0n) is 14.4. The fourth-order valence-corrected chi connectivity index (χ4v) is 3.86. The molecule has 0 heterocycles. The summed E-state index contributed by atoms with van der Waals surface area (Å²) in [7, 11) is 0. The third-order valence-corrected chi connectivity index (χ3v) is 5.07. The van der Waals surface area contributed by atoms with Crippen molar-refractivity contribution in [2.45, 2.75) is 0 Å². The second-order valence-corrected chi connectivity index (χ2v) is 6.60. The molecule has 4 aliphatic carbocycles. The Balaban J connectivity index is 1.77. The first-order valence-electron chi connectivity index (χ1n) is 8.97. The Morgan fingerprint density at radius 1 is 0.692 bits per heavy atom. The van der Waals surface area contributed by atoms with Gasteiger partial charge in [0.2, 0.25) is 0 Å². The normalized spacial score (nSPS) is 18.3. The lowest BCUT2D eigenvalue weighted by Gasteiger charge is -2.14. The summed E-state index contributed by atoms with van der Waals surface area (Å²) in [6.45, 7) is 0. The Morgan fingerprint density at radius 3 is 2.42 bits per heavy atom. The van der Waals surface area contributed by atoms with Gasteiger partial charge in [-0.15, -0.1) is 0 Å². The molecule has 0 amide bonds. The summed E-state index contributed by atoms with van der Waals surface area (Å²) in [4.78, 5) is 0. The minimum absolute atomic E-state index is 1.27. The molecule has 0 heteroatoms. The molecule has 5 radical (unpaired) electrons. The third kappa shape index (κ3) is 2.57. The van der Waals surface area contributed by atoms with Crippen LogP contribution in [0.25, 0.3) is 28.3 Å². The molecule has 0 aromatic heterocycles. The first-order chi connectivity index (χ1) is 12.9. The molecule has 0 N–H and O–H groups in total. The van der Waals surface area contributed by atoms with E-state index in [0.717, 1.165) is 0 Å². The number of allylic oxidation sites excluding steroid dienone is 3. The summed E-state index contributed by atoms with van der Waals surface area (Å²) in [5.74, 6) is 1.27. The molecule has 0 spiro atoms. The van der Waals surface area contributed by atoms with Gasteiger partial charge >= 0.3 is 0 Å². The summed E-state index contributed by atoms with van der Waals surface area (Å²) < 4.78 is 0. The van der Waals surface area contributed by atoms with Crippen molar-refractivity contribution in [2.24, 2.45) is 0 Å². The lowest BCUT2D eigenvalue weighted by Crippen LogP contribution is -2.00. The van der Waals surface area contributed by atoms with Crippen LogP contribution in [0.15, 0.2) is 78.9 Å². The van der Waals surface area contributed by atoms with Crippen LogP contribution in [-0.2, 0) is 0 Å². The van der Waals surface area contributed by atoms with Gasteiger partial charge in [-0.25, -0.2) is 0 Å². The highest BCUT2D eigenvalue weighted by atomic mass is 14.3. The van der Waals surface area contributed by atoms with Gasteiger partial charge in [0, 0.05) is 35.3 Å². The largest absolute Gasteiger partial charge is 0.0752 e. The molecule has 1 aromatic carbocycles. The van der Waals surface area contributed by atoms with Gasteiger partial charge in [0.25, 0.3) is 0 Å². The molecule has 26 heavy (non-hydrogen) atoms. The van der Waals surface area contributed by atoms with E-state index in [1.807, 2.05) is 0 Å². The molecule has 5 rings (SSSR count). The molecular weight excluding hydrogens is 312 g/mol. The van der Waals surface area contributed by atoms with Crippen LogP contribution in [0.1, 0.15) is 16.7 Å². The van der Waals surface area contributed by atoms with Crippen molar-refractivity contribution < 1.29 is 0 Å². The lowest BCUT2D eigenvalue weighted by molar-refractivity contribution is 1.39. The quantitative estimate of drug-likeness (QED) is 0.476. The van der Waals surface area contributed by atoms with Gasteiger partial charge < -0.3 is 0 Å². The maximum absolute atomic E-state index is 2.26. The van der Waals surface area contributed by atoms with Crippen molar-refractivity contribution in [3.63, 3.8) is 0 Å². The van der Waals surface area contributed by atoms with Crippen LogP contribution in [0, 0.1) is 31.6 Å². The van der Waals surface area contributed by atoms with E-state index in [4.69, 9.17) is 0 Å². The molecule has 0 aliphatic heterocycles. The predicted octanol–water partition coefficient (Wildman–Crippen LogP) is 6.42. The third-order valence-electron chi connectivity index (χ3n) is 5.07. The minimum atomic E-state index is 1.27. The van der Waals surface area contributed by atoms with E-state index in [-0.39, 0.29) is 0 Å². The van der Waals surface area contributed by atoms with E-state index in [2.05, 4.69) is 111 Å².